The predicted molar refractivity (Wildman–Crippen MR) is 95.7 cm³/mol. The van der Waals surface area contributed by atoms with Crippen molar-refractivity contribution < 1.29 is 0 Å². The molecule has 0 atom stereocenters. The minimum atomic E-state index is 0.595. The van der Waals surface area contributed by atoms with E-state index in [2.05, 4.69) is 35.1 Å². The number of rotatable bonds is 4. The maximum absolute atomic E-state index is 4.90. The van der Waals surface area contributed by atoms with E-state index in [9.17, 15) is 0 Å². The molecule has 1 aromatic rings. The molecule has 0 bridgehead atoms. The average molecular weight is 314 g/mol. The average Bonchev–Trinajstić information content (AvgIpc) is 3.19. The topological polar surface area (TPSA) is 40.5 Å². The van der Waals surface area contributed by atoms with Gasteiger partial charge in [-0.15, -0.1) is 0 Å². The molecule has 1 N–H and O–H groups in total. The zero-order valence-corrected chi connectivity index (χ0v) is 14.6. The zero-order valence-electron chi connectivity index (χ0n) is 14.6. The fourth-order valence-corrected chi connectivity index (χ4v) is 4.14. The van der Waals surface area contributed by atoms with Crippen LogP contribution in [0, 0.1) is 12.3 Å². The van der Waals surface area contributed by atoms with Crippen molar-refractivity contribution in [3.05, 3.63) is 29.6 Å². The van der Waals surface area contributed by atoms with Crippen LogP contribution in [-0.2, 0) is 6.42 Å². The zero-order chi connectivity index (χ0) is 16.1. The molecule has 2 heterocycles. The van der Waals surface area contributed by atoms with Crippen LogP contribution < -0.4 is 5.32 Å². The van der Waals surface area contributed by atoms with Gasteiger partial charge in [-0.25, -0.2) is 0 Å². The number of aromatic nitrogens is 1. The van der Waals surface area contributed by atoms with Crippen molar-refractivity contribution in [1.82, 2.24) is 15.2 Å². The Kier molecular flexibility index (Phi) is 5.19. The van der Waals surface area contributed by atoms with Crippen LogP contribution in [0.15, 0.2) is 23.5 Å². The molecule has 1 aliphatic carbocycles. The lowest BCUT2D eigenvalue weighted by Gasteiger charge is -2.26. The molecule has 1 aromatic heterocycles. The molecule has 4 nitrogen and oxygen atoms in total. The molecule has 2 fully saturated rings. The summed E-state index contributed by atoms with van der Waals surface area (Å²) in [4.78, 5) is 11.6. The number of hydrogen-bond donors (Lipinski definition) is 1. The van der Waals surface area contributed by atoms with Crippen molar-refractivity contribution in [1.29, 1.82) is 0 Å². The lowest BCUT2D eigenvalue weighted by atomic mass is 9.86. The van der Waals surface area contributed by atoms with Crippen LogP contribution >= 0.6 is 0 Å². The molecule has 1 saturated heterocycles. The second kappa shape index (κ2) is 7.33. The van der Waals surface area contributed by atoms with Crippen molar-refractivity contribution in [2.45, 2.75) is 52.4 Å². The summed E-state index contributed by atoms with van der Waals surface area (Å²) in [6.45, 7) is 8.44. The Labute approximate surface area is 140 Å². The Morgan fingerprint density at radius 1 is 1.35 bits per heavy atom. The normalized spacial score (nSPS) is 20.4. The molecule has 0 radical (unpaired) electrons. The van der Waals surface area contributed by atoms with Crippen LogP contribution in [0.4, 0.5) is 0 Å². The smallest absolute Gasteiger partial charge is 0.193 e. The fourth-order valence-electron chi connectivity index (χ4n) is 4.14. The molecule has 0 unspecified atom stereocenters. The quantitative estimate of drug-likeness (QED) is 0.685. The molecule has 0 amide bonds. The largest absolute Gasteiger partial charge is 0.357 e. The highest BCUT2D eigenvalue weighted by Gasteiger charge is 2.41. The Bertz CT molecular complexity index is 546. The Balaban J connectivity index is 1.61. The maximum Gasteiger partial charge on any atom is 0.193 e. The Hall–Kier alpha value is -1.58. The molecule has 23 heavy (non-hydrogen) atoms. The molecule has 3 rings (SSSR count). The third kappa shape index (κ3) is 3.85. The van der Waals surface area contributed by atoms with Crippen molar-refractivity contribution in [2.24, 2.45) is 10.4 Å². The number of nitrogens with one attached hydrogen (secondary N) is 1. The summed E-state index contributed by atoms with van der Waals surface area (Å²) in [5, 5.41) is 3.50. The lowest BCUT2D eigenvalue weighted by Crippen LogP contribution is -2.41. The van der Waals surface area contributed by atoms with Crippen LogP contribution in [0.3, 0.4) is 0 Å². The van der Waals surface area contributed by atoms with Crippen LogP contribution in [0.25, 0.3) is 0 Å². The number of guanidine groups is 1. The van der Waals surface area contributed by atoms with Gasteiger partial charge in [0.25, 0.3) is 0 Å². The first kappa shape index (κ1) is 16.3. The summed E-state index contributed by atoms with van der Waals surface area (Å²) in [7, 11) is 0. The van der Waals surface area contributed by atoms with Crippen molar-refractivity contribution >= 4 is 5.96 Å². The van der Waals surface area contributed by atoms with Gasteiger partial charge >= 0.3 is 0 Å². The number of aryl methyl sites for hydroxylation is 1. The monoisotopic (exact) mass is 314 g/mol. The summed E-state index contributed by atoms with van der Waals surface area (Å²) < 4.78 is 0. The van der Waals surface area contributed by atoms with Gasteiger partial charge in [-0.1, -0.05) is 12.8 Å². The van der Waals surface area contributed by atoms with E-state index in [1.807, 2.05) is 12.4 Å². The van der Waals surface area contributed by atoms with E-state index in [1.54, 1.807) is 0 Å². The summed E-state index contributed by atoms with van der Waals surface area (Å²) in [6, 6.07) is 2.11. The van der Waals surface area contributed by atoms with Gasteiger partial charge in [0.15, 0.2) is 5.96 Å². The van der Waals surface area contributed by atoms with Crippen molar-refractivity contribution in [2.75, 3.05) is 26.2 Å². The third-order valence-electron chi connectivity index (χ3n) is 5.52. The summed E-state index contributed by atoms with van der Waals surface area (Å²) in [6.07, 6.45) is 11.8. The minimum Gasteiger partial charge on any atom is -0.357 e. The fraction of sp³-hybridized carbons (Fsp3) is 0.684. The van der Waals surface area contributed by atoms with E-state index in [0.29, 0.717) is 5.41 Å². The van der Waals surface area contributed by atoms with Crippen LogP contribution in [-0.4, -0.2) is 42.0 Å². The van der Waals surface area contributed by atoms with Crippen LogP contribution in [0.2, 0.25) is 0 Å². The summed E-state index contributed by atoms with van der Waals surface area (Å²) in [5.41, 5.74) is 3.21. The van der Waals surface area contributed by atoms with Crippen molar-refractivity contribution in [3.8, 4) is 0 Å². The first-order valence-electron chi connectivity index (χ1n) is 9.15. The second-order valence-electron chi connectivity index (χ2n) is 7.17. The Morgan fingerprint density at radius 2 is 2.17 bits per heavy atom. The van der Waals surface area contributed by atoms with E-state index in [4.69, 9.17) is 4.99 Å². The number of hydrogen-bond acceptors (Lipinski definition) is 2. The van der Waals surface area contributed by atoms with Gasteiger partial charge < -0.3 is 10.2 Å². The molecule has 126 valence electrons. The van der Waals surface area contributed by atoms with Crippen LogP contribution in [0.5, 0.6) is 0 Å². The summed E-state index contributed by atoms with van der Waals surface area (Å²) in [5.74, 6) is 1.11. The van der Waals surface area contributed by atoms with Gasteiger partial charge in [-0.3, -0.25) is 9.98 Å². The predicted octanol–water partition coefficient (Wildman–Crippen LogP) is 3.16. The lowest BCUT2D eigenvalue weighted by molar-refractivity contribution is 0.309. The van der Waals surface area contributed by atoms with Gasteiger partial charge in [-0.2, -0.15) is 0 Å². The van der Waals surface area contributed by atoms with Crippen LogP contribution in [0.1, 0.15) is 50.2 Å². The van der Waals surface area contributed by atoms with E-state index in [0.717, 1.165) is 25.5 Å². The molecule has 1 spiro atoms. The minimum absolute atomic E-state index is 0.595. The molecule has 1 aliphatic heterocycles. The number of aliphatic imine (C=N–C) groups is 1. The third-order valence-corrected chi connectivity index (χ3v) is 5.52. The van der Waals surface area contributed by atoms with Gasteiger partial charge in [0.1, 0.15) is 0 Å². The van der Waals surface area contributed by atoms with E-state index >= 15 is 0 Å². The molecule has 4 heteroatoms. The highest BCUT2D eigenvalue weighted by Crippen LogP contribution is 2.45. The maximum atomic E-state index is 4.90. The highest BCUT2D eigenvalue weighted by atomic mass is 15.3. The van der Waals surface area contributed by atoms with Gasteiger partial charge in [0.05, 0.1) is 0 Å². The molecule has 1 saturated carbocycles. The SMILES string of the molecule is CCNC(=NCCc1ccncc1C)N1CCC2(CCCC2)C1. The van der Waals surface area contributed by atoms with E-state index < -0.39 is 0 Å². The standard InChI is InChI=1S/C19H30N4/c1-3-21-18(22-12-7-17-6-11-20-14-16(17)2)23-13-10-19(15-23)8-4-5-9-19/h6,11,14H,3-5,7-10,12-13,15H2,1-2H3,(H,21,22). The van der Waals surface area contributed by atoms with E-state index in [-0.39, 0.29) is 0 Å². The molecular formula is C19H30N4. The number of nitrogens with zero attached hydrogens (tertiary/aromatic N) is 3. The Morgan fingerprint density at radius 3 is 2.91 bits per heavy atom. The van der Waals surface area contributed by atoms with E-state index in [1.165, 1.54) is 56.3 Å². The first-order chi connectivity index (χ1) is 11.2. The number of pyridine rings is 1. The number of likely N-dealkylation sites (tertiary alicyclic amines) is 1. The van der Waals surface area contributed by atoms with Gasteiger partial charge in [0.2, 0.25) is 0 Å². The first-order valence-corrected chi connectivity index (χ1v) is 9.15. The molecule has 2 aliphatic rings. The molecular weight excluding hydrogens is 284 g/mol. The summed E-state index contributed by atoms with van der Waals surface area (Å²) >= 11 is 0. The van der Waals surface area contributed by atoms with Gasteiger partial charge in [-0.05, 0) is 62.1 Å². The van der Waals surface area contributed by atoms with Crippen molar-refractivity contribution in [3.63, 3.8) is 0 Å². The molecule has 0 aromatic carbocycles. The highest BCUT2D eigenvalue weighted by molar-refractivity contribution is 5.80. The second-order valence-corrected chi connectivity index (χ2v) is 7.17. The van der Waals surface area contributed by atoms with Gasteiger partial charge in [0, 0.05) is 38.6 Å².